The van der Waals surface area contributed by atoms with Crippen LogP contribution < -0.4 is 5.32 Å². The van der Waals surface area contributed by atoms with E-state index in [4.69, 9.17) is 4.74 Å². The third-order valence-corrected chi connectivity index (χ3v) is 5.25. The van der Waals surface area contributed by atoms with Crippen LogP contribution in [0.4, 0.5) is 4.79 Å². The van der Waals surface area contributed by atoms with Crippen molar-refractivity contribution >= 4 is 23.3 Å². The number of nitrogens with one attached hydrogen (secondary N) is 1. The summed E-state index contributed by atoms with van der Waals surface area (Å²) >= 11 is 1.67. The lowest BCUT2D eigenvalue weighted by Crippen LogP contribution is -2.31. The van der Waals surface area contributed by atoms with Crippen molar-refractivity contribution in [1.82, 2.24) is 10.2 Å². The molecule has 138 valence electrons. The molecule has 2 amide bonds. The van der Waals surface area contributed by atoms with Crippen LogP contribution in [-0.4, -0.2) is 30.0 Å². The van der Waals surface area contributed by atoms with Crippen molar-refractivity contribution in [3.8, 4) is 0 Å². The first-order chi connectivity index (χ1) is 12.7. The molecule has 1 fully saturated rings. The molecule has 1 aromatic carbocycles. The molecular weight excluding hydrogens is 348 g/mol. The molecule has 0 unspecified atom stereocenters. The van der Waals surface area contributed by atoms with Crippen molar-refractivity contribution in [3.05, 3.63) is 58.3 Å². The summed E-state index contributed by atoms with van der Waals surface area (Å²) in [6, 6.07) is 11.9. The van der Waals surface area contributed by atoms with Crippen LogP contribution in [0.5, 0.6) is 0 Å². The number of alkyl carbamates (subject to hydrolysis) is 1. The summed E-state index contributed by atoms with van der Waals surface area (Å²) < 4.78 is 5.16. The zero-order chi connectivity index (χ0) is 18.2. The summed E-state index contributed by atoms with van der Waals surface area (Å²) in [5, 5.41) is 6.89. The van der Waals surface area contributed by atoms with Gasteiger partial charge in [-0.25, -0.2) is 4.79 Å². The van der Waals surface area contributed by atoms with Gasteiger partial charge in [0, 0.05) is 19.5 Å². The molecule has 2 aromatic rings. The maximum atomic E-state index is 12.5. The van der Waals surface area contributed by atoms with E-state index < -0.39 is 6.09 Å². The number of hydrogen-bond acceptors (Lipinski definition) is 4. The Bertz CT molecular complexity index is 703. The summed E-state index contributed by atoms with van der Waals surface area (Å²) in [7, 11) is 0. The number of nitrogens with zero attached hydrogens (tertiary/aromatic N) is 1. The third kappa shape index (κ3) is 5.08. The fourth-order valence-electron chi connectivity index (χ4n) is 3.22. The van der Waals surface area contributed by atoms with Gasteiger partial charge in [0.1, 0.15) is 6.61 Å². The molecule has 1 aliphatic heterocycles. The van der Waals surface area contributed by atoms with Crippen LogP contribution in [-0.2, 0) is 16.1 Å². The highest BCUT2D eigenvalue weighted by atomic mass is 32.1. The second-order valence-electron chi connectivity index (χ2n) is 6.39. The molecule has 0 aliphatic carbocycles. The Morgan fingerprint density at radius 3 is 2.85 bits per heavy atom. The molecule has 1 saturated heterocycles. The Labute approximate surface area is 158 Å². The van der Waals surface area contributed by atoms with Crippen LogP contribution in [0, 0.1) is 0 Å². The first-order valence-corrected chi connectivity index (χ1v) is 9.94. The molecule has 0 radical (unpaired) electrons. The van der Waals surface area contributed by atoms with E-state index >= 15 is 0 Å². The number of hydrogen-bond donors (Lipinski definition) is 1. The number of carbonyl (C=O) groups excluding carboxylic acids is 2. The van der Waals surface area contributed by atoms with Crippen LogP contribution in [0.15, 0.2) is 47.2 Å². The molecule has 1 atom stereocenters. The van der Waals surface area contributed by atoms with E-state index in [-0.39, 0.29) is 18.6 Å². The van der Waals surface area contributed by atoms with E-state index in [2.05, 4.69) is 22.1 Å². The minimum absolute atomic E-state index is 0.165. The second-order valence-corrected chi connectivity index (χ2v) is 7.17. The molecule has 1 N–H and O–H groups in total. The first-order valence-electron chi connectivity index (χ1n) is 9.00. The van der Waals surface area contributed by atoms with Gasteiger partial charge in [-0.15, -0.1) is 0 Å². The number of rotatable bonds is 7. The average Bonchev–Trinajstić information content (AvgIpc) is 3.35. The number of carbonyl (C=O) groups is 2. The predicted molar refractivity (Wildman–Crippen MR) is 102 cm³/mol. The zero-order valence-electron chi connectivity index (χ0n) is 14.7. The van der Waals surface area contributed by atoms with Crippen molar-refractivity contribution in [3.63, 3.8) is 0 Å². The molecule has 5 nitrogen and oxygen atoms in total. The highest BCUT2D eigenvalue weighted by Crippen LogP contribution is 2.33. The molecule has 6 heteroatoms. The lowest BCUT2D eigenvalue weighted by molar-refractivity contribution is -0.132. The van der Waals surface area contributed by atoms with Gasteiger partial charge in [0.05, 0.1) is 6.04 Å². The molecule has 0 spiro atoms. The van der Waals surface area contributed by atoms with E-state index in [9.17, 15) is 9.59 Å². The van der Waals surface area contributed by atoms with Crippen molar-refractivity contribution < 1.29 is 14.3 Å². The molecule has 0 saturated carbocycles. The summed E-state index contributed by atoms with van der Waals surface area (Å²) in [6.07, 6.45) is 2.70. The van der Waals surface area contributed by atoms with Crippen LogP contribution in [0.1, 0.15) is 42.9 Å². The van der Waals surface area contributed by atoms with Gasteiger partial charge in [0.2, 0.25) is 5.91 Å². The third-order valence-electron chi connectivity index (χ3n) is 4.55. The topological polar surface area (TPSA) is 58.6 Å². The summed E-state index contributed by atoms with van der Waals surface area (Å²) in [6.45, 7) is 1.52. The Balaban J connectivity index is 1.34. The van der Waals surface area contributed by atoms with E-state index in [1.54, 1.807) is 11.3 Å². The number of amides is 2. The smallest absolute Gasteiger partial charge is 0.407 e. The normalized spacial score (nSPS) is 16.5. The maximum absolute atomic E-state index is 12.5. The Kier molecular flexibility index (Phi) is 6.66. The highest BCUT2D eigenvalue weighted by molar-refractivity contribution is 7.08. The van der Waals surface area contributed by atoms with Gasteiger partial charge in [-0.1, -0.05) is 30.3 Å². The van der Waals surface area contributed by atoms with E-state index in [0.717, 1.165) is 24.9 Å². The van der Waals surface area contributed by atoms with Crippen molar-refractivity contribution in [2.75, 3.05) is 13.1 Å². The Morgan fingerprint density at radius 2 is 2.08 bits per heavy atom. The Morgan fingerprint density at radius 1 is 1.23 bits per heavy atom. The zero-order valence-corrected chi connectivity index (χ0v) is 15.5. The molecular formula is C20H24N2O3S. The van der Waals surface area contributed by atoms with E-state index in [0.29, 0.717) is 19.4 Å². The predicted octanol–water partition coefficient (Wildman–Crippen LogP) is 4.12. The fraction of sp³-hybridized carbons (Fsp3) is 0.400. The Hall–Kier alpha value is -2.34. The van der Waals surface area contributed by atoms with Crippen molar-refractivity contribution in [2.24, 2.45) is 0 Å². The largest absolute Gasteiger partial charge is 0.445 e. The molecule has 1 aliphatic rings. The average molecular weight is 372 g/mol. The SMILES string of the molecule is O=C(NCCCC(=O)N1CCC[C@H]1c1ccsc1)OCc1ccccc1. The molecule has 1 aromatic heterocycles. The summed E-state index contributed by atoms with van der Waals surface area (Å²) in [5.41, 5.74) is 2.19. The fourth-order valence-corrected chi connectivity index (χ4v) is 3.93. The van der Waals surface area contributed by atoms with Gasteiger partial charge in [-0.05, 0) is 47.2 Å². The van der Waals surface area contributed by atoms with Crippen molar-refractivity contribution in [2.45, 2.75) is 38.3 Å². The van der Waals surface area contributed by atoms with Crippen LogP contribution in [0.3, 0.4) is 0 Å². The van der Waals surface area contributed by atoms with Gasteiger partial charge in [0.25, 0.3) is 0 Å². The quantitative estimate of drug-likeness (QED) is 0.744. The monoisotopic (exact) mass is 372 g/mol. The number of benzene rings is 1. The summed E-state index contributed by atoms with van der Waals surface area (Å²) in [4.78, 5) is 26.2. The first kappa shape index (κ1) is 18.5. The van der Waals surface area contributed by atoms with E-state index in [1.807, 2.05) is 35.2 Å². The highest BCUT2D eigenvalue weighted by Gasteiger charge is 2.29. The standard InChI is InChI=1S/C20H24N2O3S/c23-19(22-12-5-8-18(22)17-10-13-26-15-17)9-4-11-21-20(24)25-14-16-6-2-1-3-7-16/h1-3,6-7,10,13,15,18H,4-5,8-9,11-12,14H2,(H,21,24)/t18-/m0/s1. The van der Waals surface area contributed by atoms with E-state index in [1.165, 1.54) is 5.56 Å². The number of thiophene rings is 1. The van der Waals surface area contributed by atoms with Crippen LogP contribution in [0.25, 0.3) is 0 Å². The van der Waals surface area contributed by atoms with Gasteiger partial charge < -0.3 is 15.0 Å². The van der Waals surface area contributed by atoms with Gasteiger partial charge >= 0.3 is 6.09 Å². The molecule has 0 bridgehead atoms. The lowest BCUT2D eigenvalue weighted by atomic mass is 10.1. The number of likely N-dealkylation sites (tertiary alicyclic amines) is 1. The molecule has 3 rings (SSSR count). The molecule has 2 heterocycles. The van der Waals surface area contributed by atoms with Gasteiger partial charge in [0.15, 0.2) is 0 Å². The molecule has 26 heavy (non-hydrogen) atoms. The van der Waals surface area contributed by atoms with Crippen molar-refractivity contribution in [1.29, 1.82) is 0 Å². The van der Waals surface area contributed by atoms with Gasteiger partial charge in [-0.2, -0.15) is 11.3 Å². The second kappa shape index (κ2) is 9.38. The van der Waals surface area contributed by atoms with Gasteiger partial charge in [-0.3, -0.25) is 4.79 Å². The minimum atomic E-state index is -0.446. The van der Waals surface area contributed by atoms with Crippen LogP contribution in [0.2, 0.25) is 0 Å². The lowest BCUT2D eigenvalue weighted by Gasteiger charge is -2.24. The summed E-state index contributed by atoms with van der Waals surface area (Å²) in [5.74, 6) is 0.165. The number of ether oxygens (including phenoxy) is 1. The van der Waals surface area contributed by atoms with Crippen LogP contribution >= 0.6 is 11.3 Å². The minimum Gasteiger partial charge on any atom is -0.445 e. The maximum Gasteiger partial charge on any atom is 0.407 e.